The first-order chi connectivity index (χ1) is 16.5. The zero-order valence-corrected chi connectivity index (χ0v) is 17.8. The largest absolute Gasteiger partial charge is 0.457 e. The Morgan fingerprint density at radius 3 is 2.18 bits per heavy atom. The van der Waals surface area contributed by atoms with Crippen molar-refractivity contribution in [1.29, 1.82) is 5.26 Å². The lowest BCUT2D eigenvalue weighted by atomic mass is 9.99. The molecular formula is C28H16N2O4. The quantitative estimate of drug-likeness (QED) is 0.305. The predicted octanol–water partition coefficient (Wildman–Crippen LogP) is 5.38. The number of ketones is 1. The molecule has 0 fully saturated rings. The molecule has 0 spiro atoms. The molecule has 1 heterocycles. The van der Waals surface area contributed by atoms with Gasteiger partial charge in [-0.3, -0.25) is 14.4 Å². The first-order valence-electron chi connectivity index (χ1n) is 10.5. The van der Waals surface area contributed by atoms with Crippen molar-refractivity contribution in [2.45, 2.75) is 0 Å². The third kappa shape index (κ3) is 3.72. The van der Waals surface area contributed by atoms with E-state index >= 15 is 0 Å². The monoisotopic (exact) mass is 444 g/mol. The number of rotatable bonds is 5. The van der Waals surface area contributed by atoms with Crippen LogP contribution in [0.2, 0.25) is 0 Å². The number of anilines is 1. The highest BCUT2D eigenvalue weighted by molar-refractivity contribution is 6.35. The van der Waals surface area contributed by atoms with Crippen molar-refractivity contribution in [2.24, 2.45) is 0 Å². The number of benzene rings is 4. The summed E-state index contributed by atoms with van der Waals surface area (Å²) < 4.78 is 5.82. The first-order valence-corrected chi connectivity index (χ1v) is 10.5. The van der Waals surface area contributed by atoms with Gasteiger partial charge in [-0.1, -0.05) is 42.5 Å². The van der Waals surface area contributed by atoms with Crippen LogP contribution in [0.5, 0.6) is 11.5 Å². The Kier molecular flexibility index (Phi) is 5.21. The summed E-state index contributed by atoms with van der Waals surface area (Å²) in [5.41, 5.74) is 2.14. The van der Waals surface area contributed by atoms with Crippen LogP contribution >= 0.6 is 0 Å². The maximum absolute atomic E-state index is 13.2. The van der Waals surface area contributed by atoms with Gasteiger partial charge < -0.3 is 4.74 Å². The predicted molar refractivity (Wildman–Crippen MR) is 125 cm³/mol. The summed E-state index contributed by atoms with van der Waals surface area (Å²) in [7, 11) is 0. The second kappa shape index (κ2) is 8.49. The summed E-state index contributed by atoms with van der Waals surface area (Å²) in [6.45, 7) is 0. The highest BCUT2D eigenvalue weighted by Gasteiger charge is 2.37. The molecule has 1 aliphatic heterocycles. The molecule has 0 bridgehead atoms. The molecule has 0 saturated heterocycles. The van der Waals surface area contributed by atoms with E-state index in [-0.39, 0.29) is 16.9 Å². The molecule has 0 unspecified atom stereocenters. The fourth-order valence-electron chi connectivity index (χ4n) is 3.79. The number of ether oxygens (including phenoxy) is 1. The lowest BCUT2D eigenvalue weighted by Gasteiger charge is -2.15. The molecule has 5 rings (SSSR count). The molecule has 2 amide bonds. The van der Waals surface area contributed by atoms with Crippen LogP contribution in [0.15, 0.2) is 97.1 Å². The first kappa shape index (κ1) is 20.9. The highest BCUT2D eigenvalue weighted by Crippen LogP contribution is 2.32. The maximum atomic E-state index is 13.2. The fourth-order valence-corrected chi connectivity index (χ4v) is 3.79. The average Bonchev–Trinajstić information content (AvgIpc) is 3.14. The minimum Gasteiger partial charge on any atom is -0.457 e. The highest BCUT2D eigenvalue weighted by atomic mass is 16.5. The van der Waals surface area contributed by atoms with Crippen molar-refractivity contribution in [3.8, 4) is 17.6 Å². The molecule has 6 nitrogen and oxygen atoms in total. The van der Waals surface area contributed by atoms with E-state index in [4.69, 9.17) is 10.00 Å². The molecule has 4 aromatic carbocycles. The number of nitriles is 1. The molecule has 0 aromatic heterocycles. The van der Waals surface area contributed by atoms with Crippen molar-refractivity contribution < 1.29 is 19.1 Å². The Hall–Kier alpha value is -5.02. The SMILES string of the molecule is N#Cc1ccc(Oc2cccc(N3C(=O)c4ccc(C(=O)c5ccccc5)cc4C3=O)c2)cc1. The van der Waals surface area contributed by atoms with E-state index in [2.05, 4.69) is 0 Å². The van der Waals surface area contributed by atoms with Crippen molar-refractivity contribution >= 4 is 23.3 Å². The van der Waals surface area contributed by atoms with Gasteiger partial charge in [0, 0.05) is 17.2 Å². The molecule has 34 heavy (non-hydrogen) atoms. The molecule has 0 N–H and O–H groups in total. The van der Waals surface area contributed by atoms with Gasteiger partial charge in [0.2, 0.25) is 0 Å². The molecule has 1 aliphatic rings. The van der Waals surface area contributed by atoms with Crippen molar-refractivity contribution in [3.63, 3.8) is 0 Å². The Bertz CT molecular complexity index is 1490. The van der Waals surface area contributed by atoms with Crippen molar-refractivity contribution in [3.05, 3.63) is 125 Å². The standard InChI is InChI=1S/C28H16N2O4/c29-17-18-9-12-22(13-10-18)34-23-8-4-7-21(16-23)30-27(32)24-14-11-20(15-25(24)28(30)33)26(31)19-5-2-1-3-6-19/h1-16H. The lowest BCUT2D eigenvalue weighted by Crippen LogP contribution is -2.29. The molecule has 4 aromatic rings. The zero-order chi connectivity index (χ0) is 23.7. The second-order valence-electron chi connectivity index (χ2n) is 7.64. The molecular weight excluding hydrogens is 428 g/mol. The molecule has 0 saturated carbocycles. The minimum absolute atomic E-state index is 0.185. The smallest absolute Gasteiger partial charge is 0.266 e. The normalized spacial score (nSPS) is 12.3. The number of carbonyl (C=O) groups is 3. The van der Waals surface area contributed by atoms with Crippen LogP contribution in [0.25, 0.3) is 0 Å². The van der Waals surface area contributed by atoms with E-state index < -0.39 is 11.8 Å². The van der Waals surface area contributed by atoms with Gasteiger partial charge in [0.15, 0.2) is 5.78 Å². The number of fused-ring (bicyclic) bond motifs is 1. The number of nitrogens with zero attached hydrogens (tertiary/aromatic N) is 2. The van der Waals surface area contributed by atoms with Crippen LogP contribution < -0.4 is 9.64 Å². The van der Waals surface area contributed by atoms with Gasteiger partial charge in [0.05, 0.1) is 28.4 Å². The van der Waals surface area contributed by atoms with Gasteiger partial charge in [-0.25, -0.2) is 4.90 Å². The number of hydrogen-bond donors (Lipinski definition) is 0. The van der Waals surface area contributed by atoms with Gasteiger partial charge in [0.25, 0.3) is 11.8 Å². The number of hydrogen-bond acceptors (Lipinski definition) is 5. The molecule has 0 atom stereocenters. The number of imide groups is 1. The third-order valence-corrected chi connectivity index (χ3v) is 5.48. The summed E-state index contributed by atoms with van der Waals surface area (Å²) in [5, 5.41) is 8.93. The Morgan fingerprint density at radius 2 is 1.44 bits per heavy atom. The second-order valence-corrected chi connectivity index (χ2v) is 7.64. The zero-order valence-electron chi connectivity index (χ0n) is 17.8. The molecule has 0 aliphatic carbocycles. The van der Waals surface area contributed by atoms with Gasteiger partial charge in [-0.05, 0) is 48.5 Å². The summed E-state index contributed by atoms with van der Waals surface area (Å²) in [5.74, 6) is -0.242. The lowest BCUT2D eigenvalue weighted by molar-refractivity contribution is 0.0925. The van der Waals surface area contributed by atoms with Gasteiger partial charge in [-0.15, -0.1) is 0 Å². The van der Waals surface area contributed by atoms with E-state index in [1.165, 1.54) is 12.1 Å². The molecule has 162 valence electrons. The van der Waals surface area contributed by atoms with E-state index in [1.807, 2.05) is 12.1 Å². The molecule has 0 radical (unpaired) electrons. The number of amides is 2. The van der Waals surface area contributed by atoms with Crippen LogP contribution in [0, 0.1) is 11.3 Å². The topological polar surface area (TPSA) is 87.5 Å². The third-order valence-electron chi connectivity index (χ3n) is 5.48. The van der Waals surface area contributed by atoms with Crippen LogP contribution in [-0.2, 0) is 0 Å². The van der Waals surface area contributed by atoms with Crippen LogP contribution in [0.4, 0.5) is 5.69 Å². The van der Waals surface area contributed by atoms with E-state index in [0.29, 0.717) is 33.9 Å². The van der Waals surface area contributed by atoms with Crippen LogP contribution in [0.1, 0.15) is 42.2 Å². The molecule has 6 heteroatoms. The Morgan fingerprint density at radius 1 is 0.706 bits per heavy atom. The Labute approximate surface area is 195 Å². The average molecular weight is 444 g/mol. The summed E-state index contributed by atoms with van der Waals surface area (Å²) in [6.07, 6.45) is 0. The van der Waals surface area contributed by atoms with Gasteiger partial charge >= 0.3 is 0 Å². The van der Waals surface area contributed by atoms with E-state index in [0.717, 1.165) is 4.90 Å². The van der Waals surface area contributed by atoms with Gasteiger partial charge in [0.1, 0.15) is 11.5 Å². The Balaban J connectivity index is 1.43. The minimum atomic E-state index is -0.502. The summed E-state index contributed by atoms with van der Waals surface area (Å²) in [6, 6.07) is 28.6. The number of carbonyl (C=O) groups excluding carboxylic acids is 3. The maximum Gasteiger partial charge on any atom is 0.266 e. The summed E-state index contributed by atoms with van der Waals surface area (Å²) in [4.78, 5) is 40.1. The van der Waals surface area contributed by atoms with Crippen molar-refractivity contribution in [1.82, 2.24) is 0 Å². The van der Waals surface area contributed by atoms with Gasteiger partial charge in [-0.2, -0.15) is 5.26 Å². The summed E-state index contributed by atoms with van der Waals surface area (Å²) >= 11 is 0. The van der Waals surface area contributed by atoms with Crippen LogP contribution in [-0.4, -0.2) is 17.6 Å². The fraction of sp³-hybridized carbons (Fsp3) is 0. The van der Waals surface area contributed by atoms with E-state index in [9.17, 15) is 14.4 Å². The van der Waals surface area contributed by atoms with E-state index in [1.54, 1.807) is 78.9 Å². The van der Waals surface area contributed by atoms with Crippen molar-refractivity contribution in [2.75, 3.05) is 4.90 Å². The van der Waals surface area contributed by atoms with Crippen LogP contribution in [0.3, 0.4) is 0 Å².